The minimum Gasteiger partial charge on any atom is -0.460 e. The van der Waals surface area contributed by atoms with Crippen molar-refractivity contribution in [2.45, 2.75) is 58.7 Å². The van der Waals surface area contributed by atoms with Crippen molar-refractivity contribution in [2.24, 2.45) is 5.92 Å². The first kappa shape index (κ1) is 13.2. The van der Waals surface area contributed by atoms with Gasteiger partial charge in [0.15, 0.2) is 0 Å². The van der Waals surface area contributed by atoms with Gasteiger partial charge in [0.1, 0.15) is 5.60 Å². The zero-order valence-electron chi connectivity index (χ0n) is 10.8. The largest absolute Gasteiger partial charge is 0.460 e. The molecule has 0 aromatic heterocycles. The monoisotopic (exact) mass is 226 g/mol. The molecule has 0 radical (unpaired) electrons. The number of carbonyl (C=O) groups excluding carboxylic acids is 1. The summed E-state index contributed by atoms with van der Waals surface area (Å²) >= 11 is 0. The fraction of sp³-hybridized carbons (Fsp3) is 0.769. The van der Waals surface area contributed by atoms with Crippen molar-refractivity contribution in [1.82, 2.24) is 0 Å². The highest BCUT2D eigenvalue weighted by atomic mass is 16.6. The summed E-state index contributed by atoms with van der Waals surface area (Å²) in [6.45, 7) is 9.19. The van der Waals surface area contributed by atoms with Crippen LogP contribution in [0.3, 0.4) is 0 Å². The van der Waals surface area contributed by atoms with Crippen LogP contribution < -0.4 is 0 Å². The summed E-state index contributed by atoms with van der Waals surface area (Å²) in [6, 6.07) is 0. The van der Waals surface area contributed by atoms with Gasteiger partial charge in [-0.25, -0.2) is 0 Å². The molecule has 2 atom stereocenters. The molecule has 1 N–H and O–H groups in total. The third-order valence-corrected chi connectivity index (χ3v) is 2.93. The molecule has 1 rings (SSSR count). The van der Waals surface area contributed by atoms with Crippen molar-refractivity contribution < 1.29 is 14.6 Å². The minimum absolute atomic E-state index is 0.332. The van der Waals surface area contributed by atoms with Crippen LogP contribution in [0.4, 0.5) is 0 Å². The maximum Gasteiger partial charge on any atom is 0.312 e. The molecule has 0 aromatic carbocycles. The standard InChI is InChI=1S/C13H22O3/c1-9-6-7-13(15,8-9)10(2)11(14)16-12(3,4)5/h8,10,15H,6-7H2,1-5H3. The van der Waals surface area contributed by atoms with E-state index in [4.69, 9.17) is 4.74 Å². The molecule has 0 bridgehead atoms. The lowest BCUT2D eigenvalue weighted by Crippen LogP contribution is -2.40. The first-order chi connectivity index (χ1) is 7.14. The maximum atomic E-state index is 11.8. The van der Waals surface area contributed by atoms with Crippen molar-refractivity contribution in [2.75, 3.05) is 0 Å². The van der Waals surface area contributed by atoms with Gasteiger partial charge in [0.05, 0.1) is 11.5 Å². The quantitative estimate of drug-likeness (QED) is 0.581. The maximum absolute atomic E-state index is 11.8. The molecule has 0 aromatic rings. The van der Waals surface area contributed by atoms with E-state index in [9.17, 15) is 9.90 Å². The Morgan fingerprint density at radius 3 is 2.50 bits per heavy atom. The summed E-state index contributed by atoms with van der Waals surface area (Å²) in [5, 5.41) is 10.3. The Labute approximate surface area is 97.5 Å². The zero-order valence-corrected chi connectivity index (χ0v) is 10.8. The molecular weight excluding hydrogens is 204 g/mol. The van der Waals surface area contributed by atoms with E-state index in [1.807, 2.05) is 27.7 Å². The first-order valence-corrected chi connectivity index (χ1v) is 5.78. The first-order valence-electron chi connectivity index (χ1n) is 5.78. The molecule has 1 aliphatic carbocycles. The molecule has 3 heteroatoms. The van der Waals surface area contributed by atoms with Crippen molar-refractivity contribution in [3.8, 4) is 0 Å². The van der Waals surface area contributed by atoms with Gasteiger partial charge in [-0.3, -0.25) is 4.79 Å². The molecule has 1 aliphatic rings. The smallest absolute Gasteiger partial charge is 0.312 e. The van der Waals surface area contributed by atoms with Gasteiger partial charge in [-0.15, -0.1) is 0 Å². The number of rotatable bonds is 2. The van der Waals surface area contributed by atoms with Gasteiger partial charge < -0.3 is 9.84 Å². The Morgan fingerprint density at radius 1 is 1.56 bits per heavy atom. The third kappa shape index (κ3) is 3.08. The van der Waals surface area contributed by atoms with E-state index in [-0.39, 0.29) is 5.97 Å². The van der Waals surface area contributed by atoms with Crippen LogP contribution >= 0.6 is 0 Å². The SMILES string of the molecule is CC1=CC(O)(C(C)C(=O)OC(C)(C)C)CC1. The predicted molar refractivity (Wildman–Crippen MR) is 62.9 cm³/mol. The van der Waals surface area contributed by atoms with E-state index in [1.165, 1.54) is 0 Å². The summed E-state index contributed by atoms with van der Waals surface area (Å²) in [4.78, 5) is 11.8. The van der Waals surface area contributed by atoms with E-state index in [1.54, 1.807) is 13.0 Å². The highest BCUT2D eigenvalue weighted by Gasteiger charge is 2.40. The highest BCUT2D eigenvalue weighted by molar-refractivity contribution is 5.74. The summed E-state index contributed by atoms with van der Waals surface area (Å²) in [5.41, 5.74) is -0.385. The molecule has 0 spiro atoms. The van der Waals surface area contributed by atoms with E-state index < -0.39 is 17.1 Å². The van der Waals surface area contributed by atoms with Crippen molar-refractivity contribution in [1.29, 1.82) is 0 Å². The molecule has 0 amide bonds. The van der Waals surface area contributed by atoms with Crippen LogP contribution in [0.25, 0.3) is 0 Å². The number of ether oxygens (including phenoxy) is 1. The number of hydrogen-bond acceptors (Lipinski definition) is 3. The van der Waals surface area contributed by atoms with E-state index >= 15 is 0 Å². The Morgan fingerprint density at radius 2 is 2.12 bits per heavy atom. The van der Waals surface area contributed by atoms with E-state index in [0.717, 1.165) is 12.0 Å². The molecule has 0 saturated carbocycles. The van der Waals surface area contributed by atoms with Gasteiger partial charge in [-0.2, -0.15) is 0 Å². The topological polar surface area (TPSA) is 46.5 Å². The van der Waals surface area contributed by atoms with Crippen molar-refractivity contribution >= 4 is 5.97 Å². The number of hydrogen-bond donors (Lipinski definition) is 1. The van der Waals surface area contributed by atoms with Gasteiger partial charge in [0.25, 0.3) is 0 Å². The van der Waals surface area contributed by atoms with Crippen LogP contribution in [0.15, 0.2) is 11.6 Å². The lowest BCUT2D eigenvalue weighted by molar-refractivity contribution is -0.166. The molecule has 0 fully saturated rings. The fourth-order valence-corrected chi connectivity index (χ4v) is 1.90. The molecule has 3 nitrogen and oxygen atoms in total. The lowest BCUT2D eigenvalue weighted by atomic mass is 9.88. The molecule has 0 saturated heterocycles. The van der Waals surface area contributed by atoms with Crippen molar-refractivity contribution in [3.63, 3.8) is 0 Å². The van der Waals surface area contributed by atoms with Crippen LogP contribution in [0.2, 0.25) is 0 Å². The summed E-state index contributed by atoms with van der Waals surface area (Å²) in [7, 11) is 0. The molecule has 0 aliphatic heterocycles. The fourth-order valence-electron chi connectivity index (χ4n) is 1.90. The van der Waals surface area contributed by atoms with Gasteiger partial charge in [0, 0.05) is 0 Å². The number of allylic oxidation sites excluding steroid dienone is 1. The summed E-state index contributed by atoms with van der Waals surface area (Å²) in [6.07, 6.45) is 3.25. The Balaban J connectivity index is 2.71. The number of carbonyl (C=O) groups is 1. The van der Waals surface area contributed by atoms with Crippen LogP contribution in [-0.4, -0.2) is 22.3 Å². The Kier molecular flexibility index (Phi) is 3.48. The van der Waals surface area contributed by atoms with Gasteiger partial charge in [-0.05, 0) is 47.5 Å². The van der Waals surface area contributed by atoms with Gasteiger partial charge in [0.2, 0.25) is 0 Å². The number of aliphatic hydroxyl groups is 1. The third-order valence-electron chi connectivity index (χ3n) is 2.93. The lowest BCUT2D eigenvalue weighted by Gasteiger charge is -2.29. The second-order valence-electron chi connectivity index (χ2n) is 5.74. The Hall–Kier alpha value is -0.830. The molecule has 16 heavy (non-hydrogen) atoms. The number of esters is 1. The average molecular weight is 226 g/mol. The second kappa shape index (κ2) is 4.21. The molecule has 92 valence electrons. The van der Waals surface area contributed by atoms with Crippen LogP contribution in [0, 0.1) is 5.92 Å². The molecule has 2 unspecified atom stereocenters. The molecular formula is C13H22O3. The van der Waals surface area contributed by atoms with Crippen LogP contribution in [-0.2, 0) is 9.53 Å². The average Bonchev–Trinajstić information content (AvgIpc) is 2.43. The summed E-state index contributed by atoms with van der Waals surface area (Å²) in [5.74, 6) is -0.842. The van der Waals surface area contributed by atoms with E-state index in [2.05, 4.69) is 0 Å². The zero-order chi connectivity index (χ0) is 12.6. The predicted octanol–water partition coefficient (Wildman–Crippen LogP) is 2.44. The van der Waals surface area contributed by atoms with Crippen molar-refractivity contribution in [3.05, 3.63) is 11.6 Å². The van der Waals surface area contributed by atoms with Crippen LogP contribution in [0.5, 0.6) is 0 Å². The second-order valence-corrected chi connectivity index (χ2v) is 5.74. The Bertz CT molecular complexity index is 312. The van der Waals surface area contributed by atoms with E-state index in [0.29, 0.717) is 6.42 Å². The highest BCUT2D eigenvalue weighted by Crippen LogP contribution is 2.35. The minimum atomic E-state index is -1.02. The normalized spacial score (nSPS) is 27.5. The van der Waals surface area contributed by atoms with Gasteiger partial charge >= 0.3 is 5.97 Å². The summed E-state index contributed by atoms with van der Waals surface area (Å²) < 4.78 is 5.28. The van der Waals surface area contributed by atoms with Gasteiger partial charge in [-0.1, -0.05) is 11.6 Å². The van der Waals surface area contributed by atoms with Crippen LogP contribution in [0.1, 0.15) is 47.5 Å². The molecule has 0 heterocycles.